The normalized spacial score (nSPS) is 39.9. The molecule has 0 radical (unpaired) electrons. The number of fused-ring (bicyclic) bond motifs is 1. The van der Waals surface area contributed by atoms with E-state index in [9.17, 15) is 0 Å². The van der Waals surface area contributed by atoms with Crippen molar-refractivity contribution in [3.8, 4) is 0 Å². The van der Waals surface area contributed by atoms with Crippen molar-refractivity contribution >= 4 is 0 Å². The Morgan fingerprint density at radius 1 is 1.67 bits per heavy atom. The zero-order valence-corrected chi connectivity index (χ0v) is 5.76. The van der Waals surface area contributed by atoms with Gasteiger partial charge in [0, 0.05) is 5.92 Å². The van der Waals surface area contributed by atoms with E-state index in [0.29, 0.717) is 0 Å². The maximum atomic E-state index is 5.20. The molecule has 0 saturated heterocycles. The van der Waals surface area contributed by atoms with Crippen LogP contribution >= 0.6 is 0 Å². The van der Waals surface area contributed by atoms with Gasteiger partial charge in [-0.1, -0.05) is 6.92 Å². The van der Waals surface area contributed by atoms with Crippen LogP contribution in [-0.2, 0) is 4.74 Å². The highest BCUT2D eigenvalue weighted by atomic mass is 16.5. The Balaban J connectivity index is 2.15. The molecule has 2 aliphatic rings. The smallest absolute Gasteiger partial charge is 0.0939 e. The molecule has 2 atom stereocenters. The highest BCUT2D eigenvalue weighted by molar-refractivity contribution is 5.13. The van der Waals surface area contributed by atoms with Crippen molar-refractivity contribution in [2.75, 3.05) is 6.61 Å². The van der Waals surface area contributed by atoms with Crippen LogP contribution in [0.3, 0.4) is 0 Å². The molecule has 0 aromatic heterocycles. The molecule has 1 aliphatic carbocycles. The maximum absolute atomic E-state index is 5.20. The van der Waals surface area contributed by atoms with Gasteiger partial charge in [-0.05, 0) is 24.3 Å². The zero-order chi connectivity index (χ0) is 6.27. The second-order valence-electron chi connectivity index (χ2n) is 3.27. The van der Waals surface area contributed by atoms with Crippen LogP contribution in [0.25, 0.3) is 0 Å². The lowest BCUT2D eigenvalue weighted by Gasteiger charge is -2.00. The third-order valence-corrected chi connectivity index (χ3v) is 2.33. The van der Waals surface area contributed by atoms with Crippen molar-refractivity contribution in [2.24, 2.45) is 11.8 Å². The third kappa shape index (κ3) is 0.752. The van der Waals surface area contributed by atoms with Crippen LogP contribution in [0.5, 0.6) is 0 Å². The second-order valence-corrected chi connectivity index (χ2v) is 3.27. The van der Waals surface area contributed by atoms with Crippen LogP contribution in [-0.4, -0.2) is 6.61 Å². The molecule has 1 saturated carbocycles. The van der Waals surface area contributed by atoms with Gasteiger partial charge in [0.2, 0.25) is 0 Å². The van der Waals surface area contributed by atoms with Gasteiger partial charge in [0.1, 0.15) is 0 Å². The lowest BCUT2D eigenvalue weighted by atomic mass is 10.1. The van der Waals surface area contributed by atoms with Gasteiger partial charge in [0.05, 0.1) is 12.9 Å². The summed E-state index contributed by atoms with van der Waals surface area (Å²) in [5.41, 5.74) is 1.56. The van der Waals surface area contributed by atoms with Gasteiger partial charge in [-0.25, -0.2) is 0 Å². The van der Waals surface area contributed by atoms with Crippen molar-refractivity contribution in [1.82, 2.24) is 0 Å². The summed E-state index contributed by atoms with van der Waals surface area (Å²) in [5.74, 6) is 1.70. The van der Waals surface area contributed by atoms with E-state index in [2.05, 4.69) is 6.92 Å². The fourth-order valence-corrected chi connectivity index (χ4v) is 1.88. The molecule has 0 aromatic rings. The van der Waals surface area contributed by atoms with E-state index in [1.54, 1.807) is 5.57 Å². The first kappa shape index (κ1) is 5.33. The Kier molecular flexibility index (Phi) is 1.04. The second kappa shape index (κ2) is 1.76. The van der Waals surface area contributed by atoms with Crippen LogP contribution in [0.1, 0.15) is 19.8 Å². The van der Waals surface area contributed by atoms with Gasteiger partial charge < -0.3 is 4.74 Å². The predicted molar refractivity (Wildman–Crippen MR) is 35.9 cm³/mol. The summed E-state index contributed by atoms with van der Waals surface area (Å²) in [5, 5.41) is 0. The van der Waals surface area contributed by atoms with Crippen LogP contribution < -0.4 is 0 Å². The number of rotatable bonds is 0. The molecule has 2 rings (SSSR count). The van der Waals surface area contributed by atoms with Crippen LogP contribution in [0, 0.1) is 11.8 Å². The molecule has 0 aromatic carbocycles. The molecule has 0 bridgehead atoms. The van der Waals surface area contributed by atoms with E-state index in [-0.39, 0.29) is 0 Å². The Bertz CT molecular complexity index is 149. The Morgan fingerprint density at radius 3 is 3.33 bits per heavy atom. The van der Waals surface area contributed by atoms with Crippen molar-refractivity contribution < 1.29 is 4.74 Å². The molecule has 1 aliphatic heterocycles. The summed E-state index contributed by atoms with van der Waals surface area (Å²) < 4.78 is 5.20. The molecule has 1 heterocycles. The topological polar surface area (TPSA) is 9.23 Å². The molecule has 2 unspecified atom stereocenters. The van der Waals surface area contributed by atoms with Crippen LogP contribution in [0.15, 0.2) is 11.8 Å². The Hall–Kier alpha value is -0.460. The highest BCUT2D eigenvalue weighted by Crippen LogP contribution is 2.38. The zero-order valence-electron chi connectivity index (χ0n) is 5.76. The molecule has 9 heavy (non-hydrogen) atoms. The summed E-state index contributed by atoms with van der Waals surface area (Å²) in [6.45, 7) is 3.28. The van der Waals surface area contributed by atoms with E-state index in [4.69, 9.17) is 4.74 Å². The molecule has 0 amide bonds. The molecule has 0 N–H and O–H groups in total. The summed E-state index contributed by atoms with van der Waals surface area (Å²) in [4.78, 5) is 0. The third-order valence-electron chi connectivity index (χ3n) is 2.33. The molecule has 1 heteroatoms. The Morgan fingerprint density at radius 2 is 2.56 bits per heavy atom. The van der Waals surface area contributed by atoms with E-state index in [1.165, 1.54) is 12.8 Å². The van der Waals surface area contributed by atoms with Crippen LogP contribution in [0.2, 0.25) is 0 Å². The van der Waals surface area contributed by atoms with E-state index < -0.39 is 0 Å². The van der Waals surface area contributed by atoms with E-state index >= 15 is 0 Å². The van der Waals surface area contributed by atoms with Gasteiger partial charge in [0.25, 0.3) is 0 Å². The van der Waals surface area contributed by atoms with Crippen molar-refractivity contribution in [2.45, 2.75) is 19.8 Å². The fraction of sp³-hybridized carbons (Fsp3) is 0.750. The van der Waals surface area contributed by atoms with E-state index in [0.717, 1.165) is 18.4 Å². The minimum absolute atomic E-state index is 0.792. The van der Waals surface area contributed by atoms with Gasteiger partial charge in [0.15, 0.2) is 0 Å². The van der Waals surface area contributed by atoms with Gasteiger partial charge in [-0.3, -0.25) is 0 Å². The minimum Gasteiger partial charge on any atom is -0.501 e. The quantitative estimate of drug-likeness (QED) is 0.479. The average Bonchev–Trinajstić information content (AvgIpc) is 2.22. The lowest BCUT2D eigenvalue weighted by molar-refractivity contribution is 0.240. The van der Waals surface area contributed by atoms with Crippen molar-refractivity contribution in [3.63, 3.8) is 0 Å². The van der Waals surface area contributed by atoms with Gasteiger partial charge in [-0.15, -0.1) is 0 Å². The fourth-order valence-electron chi connectivity index (χ4n) is 1.88. The number of ether oxygens (including phenoxy) is 1. The lowest BCUT2D eigenvalue weighted by Crippen LogP contribution is -1.97. The molecule has 1 fully saturated rings. The standard InChI is InChI=1S/C8H12O/c1-6-2-7-4-9-5-8(7)3-6/h4,6,8H,2-3,5H2,1H3. The summed E-state index contributed by atoms with van der Waals surface area (Å²) >= 11 is 0. The SMILES string of the molecule is CC1CC2=COCC2C1. The van der Waals surface area contributed by atoms with Gasteiger partial charge in [-0.2, -0.15) is 0 Å². The predicted octanol–water partition coefficient (Wildman–Crippen LogP) is 1.95. The molecular formula is C8H12O. The summed E-state index contributed by atoms with van der Waals surface area (Å²) in [6.07, 6.45) is 4.60. The van der Waals surface area contributed by atoms with E-state index in [1.807, 2.05) is 6.26 Å². The summed E-state index contributed by atoms with van der Waals surface area (Å²) in [6, 6.07) is 0. The van der Waals surface area contributed by atoms with Crippen molar-refractivity contribution in [3.05, 3.63) is 11.8 Å². The first-order valence-corrected chi connectivity index (χ1v) is 3.67. The number of hydrogen-bond acceptors (Lipinski definition) is 1. The first-order valence-electron chi connectivity index (χ1n) is 3.67. The monoisotopic (exact) mass is 124 g/mol. The molecule has 0 spiro atoms. The number of hydrogen-bond donors (Lipinski definition) is 0. The van der Waals surface area contributed by atoms with Gasteiger partial charge >= 0.3 is 0 Å². The maximum Gasteiger partial charge on any atom is 0.0939 e. The molecular weight excluding hydrogens is 112 g/mol. The first-order chi connectivity index (χ1) is 4.36. The highest BCUT2D eigenvalue weighted by Gasteiger charge is 2.30. The van der Waals surface area contributed by atoms with Crippen molar-refractivity contribution in [1.29, 1.82) is 0 Å². The summed E-state index contributed by atoms with van der Waals surface area (Å²) in [7, 11) is 0. The van der Waals surface area contributed by atoms with Crippen LogP contribution in [0.4, 0.5) is 0 Å². The average molecular weight is 124 g/mol. The Labute approximate surface area is 55.7 Å². The minimum atomic E-state index is 0.792. The largest absolute Gasteiger partial charge is 0.501 e. The molecule has 1 nitrogen and oxygen atoms in total. The molecule has 50 valence electrons.